The third-order valence-corrected chi connectivity index (χ3v) is 4.30. The third-order valence-electron chi connectivity index (χ3n) is 4.30. The van der Waals surface area contributed by atoms with Crippen molar-refractivity contribution in [2.75, 3.05) is 32.2 Å². The van der Waals surface area contributed by atoms with Crippen molar-refractivity contribution in [1.82, 2.24) is 0 Å². The summed E-state index contributed by atoms with van der Waals surface area (Å²) in [6, 6.07) is 14.5. The molecule has 0 aliphatic heterocycles. The fraction of sp³-hybridized carbons (Fsp3) is 0.435. The summed E-state index contributed by atoms with van der Waals surface area (Å²) in [5.74, 6) is 1.38. The van der Waals surface area contributed by atoms with Gasteiger partial charge in [0.25, 0.3) is 5.91 Å². The minimum Gasteiger partial charge on any atom is -0.494 e. The molecule has 5 heteroatoms. The molecule has 2 aromatic carbocycles. The summed E-state index contributed by atoms with van der Waals surface area (Å²) < 4.78 is 16.2. The predicted molar refractivity (Wildman–Crippen MR) is 112 cm³/mol. The summed E-state index contributed by atoms with van der Waals surface area (Å²) in [5, 5.41) is 2.88. The van der Waals surface area contributed by atoms with Gasteiger partial charge in [-0.05, 0) is 55.0 Å². The molecule has 0 radical (unpaired) electrons. The first-order valence-electron chi connectivity index (χ1n) is 9.99. The Hall–Kier alpha value is -2.53. The fourth-order valence-electron chi connectivity index (χ4n) is 2.68. The Morgan fingerprint density at radius 1 is 0.786 bits per heavy atom. The van der Waals surface area contributed by atoms with E-state index in [2.05, 4.69) is 12.2 Å². The summed E-state index contributed by atoms with van der Waals surface area (Å²) in [6.45, 7) is 3.96. The van der Waals surface area contributed by atoms with Gasteiger partial charge in [-0.25, -0.2) is 0 Å². The van der Waals surface area contributed by atoms with E-state index in [9.17, 15) is 4.79 Å². The monoisotopic (exact) mass is 385 g/mol. The number of carbonyl (C=O) groups excluding carboxylic acids is 1. The highest BCUT2D eigenvalue weighted by molar-refractivity contribution is 6.04. The van der Waals surface area contributed by atoms with Gasteiger partial charge in [-0.3, -0.25) is 4.79 Å². The van der Waals surface area contributed by atoms with E-state index in [4.69, 9.17) is 14.2 Å². The van der Waals surface area contributed by atoms with Crippen LogP contribution in [0.3, 0.4) is 0 Å². The zero-order chi connectivity index (χ0) is 20.0. The Balaban J connectivity index is 1.76. The van der Waals surface area contributed by atoms with Crippen LogP contribution in [0.5, 0.6) is 11.5 Å². The SMILES string of the molecule is CCCCCCCOc1ccc(C(=O)Nc2ccc(OCCOC)cc2)cc1. The lowest BCUT2D eigenvalue weighted by Gasteiger charge is -2.09. The molecule has 5 nitrogen and oxygen atoms in total. The molecule has 0 aliphatic rings. The van der Waals surface area contributed by atoms with Gasteiger partial charge in [0.2, 0.25) is 0 Å². The first-order chi connectivity index (χ1) is 13.7. The van der Waals surface area contributed by atoms with E-state index < -0.39 is 0 Å². The molecule has 0 aliphatic carbocycles. The van der Waals surface area contributed by atoms with Crippen LogP contribution in [0.25, 0.3) is 0 Å². The van der Waals surface area contributed by atoms with Crippen molar-refractivity contribution in [3.63, 3.8) is 0 Å². The maximum Gasteiger partial charge on any atom is 0.255 e. The van der Waals surface area contributed by atoms with Gasteiger partial charge in [0.15, 0.2) is 0 Å². The number of ether oxygens (including phenoxy) is 3. The van der Waals surface area contributed by atoms with Crippen molar-refractivity contribution in [2.24, 2.45) is 0 Å². The molecule has 0 saturated carbocycles. The van der Waals surface area contributed by atoms with E-state index in [1.165, 1.54) is 25.7 Å². The largest absolute Gasteiger partial charge is 0.494 e. The number of amides is 1. The number of unbranched alkanes of at least 4 members (excludes halogenated alkanes) is 4. The van der Waals surface area contributed by atoms with Gasteiger partial charge in [-0.1, -0.05) is 32.6 Å². The molecule has 2 rings (SSSR count). The summed E-state index contributed by atoms with van der Waals surface area (Å²) >= 11 is 0. The molecule has 0 bridgehead atoms. The van der Waals surface area contributed by atoms with Crippen molar-refractivity contribution >= 4 is 11.6 Å². The fourth-order valence-corrected chi connectivity index (χ4v) is 2.68. The molecule has 0 heterocycles. The van der Waals surface area contributed by atoms with E-state index in [1.54, 1.807) is 19.2 Å². The lowest BCUT2D eigenvalue weighted by Crippen LogP contribution is -2.11. The molecule has 0 spiro atoms. The molecule has 0 unspecified atom stereocenters. The Kier molecular flexibility index (Phi) is 9.94. The zero-order valence-corrected chi connectivity index (χ0v) is 16.9. The highest BCUT2D eigenvalue weighted by Gasteiger charge is 2.07. The number of hydrogen-bond donors (Lipinski definition) is 1. The van der Waals surface area contributed by atoms with Gasteiger partial charge < -0.3 is 19.5 Å². The third kappa shape index (κ3) is 8.01. The molecule has 0 aromatic heterocycles. The van der Waals surface area contributed by atoms with Crippen LogP contribution in [0.4, 0.5) is 5.69 Å². The van der Waals surface area contributed by atoms with Crippen LogP contribution in [-0.2, 0) is 4.74 Å². The first kappa shape index (κ1) is 21.8. The summed E-state index contributed by atoms with van der Waals surface area (Å²) in [5.41, 5.74) is 1.31. The number of rotatable bonds is 13. The van der Waals surface area contributed by atoms with E-state index in [-0.39, 0.29) is 5.91 Å². The van der Waals surface area contributed by atoms with Crippen LogP contribution in [0.1, 0.15) is 49.4 Å². The van der Waals surface area contributed by atoms with Gasteiger partial charge in [0, 0.05) is 18.4 Å². The second kappa shape index (κ2) is 12.8. The van der Waals surface area contributed by atoms with Crippen LogP contribution in [0.2, 0.25) is 0 Å². The number of anilines is 1. The van der Waals surface area contributed by atoms with Crippen LogP contribution in [0, 0.1) is 0 Å². The van der Waals surface area contributed by atoms with Crippen LogP contribution >= 0.6 is 0 Å². The number of hydrogen-bond acceptors (Lipinski definition) is 4. The summed E-state index contributed by atoms with van der Waals surface area (Å²) in [7, 11) is 1.63. The maximum absolute atomic E-state index is 12.4. The highest BCUT2D eigenvalue weighted by atomic mass is 16.5. The average Bonchev–Trinajstić information content (AvgIpc) is 2.72. The standard InChI is InChI=1S/C23H31NO4/c1-3-4-5-6-7-16-27-21-12-8-19(9-13-21)23(25)24-20-10-14-22(15-11-20)28-18-17-26-2/h8-15H,3-7,16-18H2,1-2H3,(H,24,25). The first-order valence-corrected chi connectivity index (χ1v) is 9.99. The van der Waals surface area contributed by atoms with Crippen molar-refractivity contribution in [3.05, 3.63) is 54.1 Å². The van der Waals surface area contributed by atoms with Crippen molar-refractivity contribution in [1.29, 1.82) is 0 Å². The molecular formula is C23H31NO4. The molecule has 0 atom stereocenters. The molecular weight excluding hydrogens is 354 g/mol. The van der Waals surface area contributed by atoms with Gasteiger partial charge in [0.1, 0.15) is 18.1 Å². The van der Waals surface area contributed by atoms with Gasteiger partial charge >= 0.3 is 0 Å². The summed E-state index contributed by atoms with van der Waals surface area (Å²) in [4.78, 5) is 12.4. The molecule has 28 heavy (non-hydrogen) atoms. The van der Waals surface area contributed by atoms with Crippen molar-refractivity contribution in [2.45, 2.75) is 39.0 Å². The lowest BCUT2D eigenvalue weighted by molar-refractivity contribution is 0.102. The van der Waals surface area contributed by atoms with Crippen LogP contribution in [0.15, 0.2) is 48.5 Å². The minimum absolute atomic E-state index is 0.154. The number of nitrogens with one attached hydrogen (secondary N) is 1. The Morgan fingerprint density at radius 3 is 2.04 bits per heavy atom. The molecule has 0 saturated heterocycles. The molecule has 1 amide bonds. The van der Waals surface area contributed by atoms with E-state index >= 15 is 0 Å². The lowest BCUT2D eigenvalue weighted by atomic mass is 10.1. The highest BCUT2D eigenvalue weighted by Crippen LogP contribution is 2.18. The number of benzene rings is 2. The minimum atomic E-state index is -0.154. The zero-order valence-electron chi connectivity index (χ0n) is 16.9. The van der Waals surface area contributed by atoms with Crippen LogP contribution < -0.4 is 14.8 Å². The summed E-state index contributed by atoms with van der Waals surface area (Å²) in [6.07, 6.45) is 6.06. The second-order valence-corrected chi connectivity index (χ2v) is 6.61. The average molecular weight is 386 g/mol. The maximum atomic E-state index is 12.4. The van der Waals surface area contributed by atoms with Gasteiger partial charge in [-0.2, -0.15) is 0 Å². The number of carbonyl (C=O) groups is 1. The topological polar surface area (TPSA) is 56.8 Å². The van der Waals surface area contributed by atoms with Crippen molar-refractivity contribution in [3.8, 4) is 11.5 Å². The quantitative estimate of drug-likeness (QED) is 0.475. The molecule has 152 valence electrons. The molecule has 0 fully saturated rings. The smallest absolute Gasteiger partial charge is 0.255 e. The van der Waals surface area contributed by atoms with E-state index in [1.807, 2.05) is 36.4 Å². The normalized spacial score (nSPS) is 10.5. The Morgan fingerprint density at radius 2 is 1.39 bits per heavy atom. The van der Waals surface area contributed by atoms with E-state index in [0.717, 1.165) is 23.6 Å². The number of methoxy groups -OCH3 is 1. The molecule has 2 aromatic rings. The van der Waals surface area contributed by atoms with Gasteiger partial charge in [-0.15, -0.1) is 0 Å². The second-order valence-electron chi connectivity index (χ2n) is 6.61. The van der Waals surface area contributed by atoms with Crippen molar-refractivity contribution < 1.29 is 19.0 Å². The predicted octanol–water partition coefficient (Wildman–Crippen LogP) is 5.31. The van der Waals surface area contributed by atoms with Gasteiger partial charge in [0.05, 0.1) is 13.2 Å². The molecule has 1 N–H and O–H groups in total. The van der Waals surface area contributed by atoms with E-state index in [0.29, 0.717) is 25.4 Å². The Bertz CT molecular complexity index is 683. The van der Waals surface area contributed by atoms with Crippen LogP contribution in [-0.4, -0.2) is 32.8 Å². The Labute approximate surface area is 168 Å².